The van der Waals surface area contributed by atoms with E-state index in [9.17, 15) is 0 Å². The van der Waals surface area contributed by atoms with Gasteiger partial charge in [-0.25, -0.2) is 0 Å². The summed E-state index contributed by atoms with van der Waals surface area (Å²) in [5.41, 5.74) is 0.590. The highest BCUT2D eigenvalue weighted by molar-refractivity contribution is 5.46. The number of nitriles is 1. The SMILES string of the molecule is COc1cc(C#N)ccc1OCC1CN1C1CCC1. The molecule has 0 amide bonds. The fourth-order valence-corrected chi connectivity index (χ4v) is 2.55. The third-order valence-corrected chi connectivity index (χ3v) is 4.02. The molecule has 2 aliphatic rings. The summed E-state index contributed by atoms with van der Waals surface area (Å²) in [6.45, 7) is 1.86. The van der Waals surface area contributed by atoms with Crippen LogP contribution in [-0.2, 0) is 0 Å². The van der Waals surface area contributed by atoms with Crippen molar-refractivity contribution in [2.24, 2.45) is 0 Å². The predicted octanol–water partition coefficient (Wildman–Crippen LogP) is 2.18. The van der Waals surface area contributed by atoms with Gasteiger partial charge in [0.2, 0.25) is 0 Å². The molecule has 4 nitrogen and oxygen atoms in total. The molecule has 1 aromatic rings. The van der Waals surface area contributed by atoms with E-state index < -0.39 is 0 Å². The van der Waals surface area contributed by atoms with Crippen molar-refractivity contribution < 1.29 is 9.47 Å². The quantitative estimate of drug-likeness (QED) is 0.759. The molecule has 0 radical (unpaired) electrons. The van der Waals surface area contributed by atoms with Crippen LogP contribution in [-0.4, -0.2) is 37.2 Å². The molecule has 1 heterocycles. The minimum absolute atomic E-state index is 0.561. The van der Waals surface area contributed by atoms with Crippen molar-refractivity contribution in [2.45, 2.75) is 31.3 Å². The highest BCUT2D eigenvalue weighted by Crippen LogP contribution is 2.35. The summed E-state index contributed by atoms with van der Waals surface area (Å²) < 4.78 is 11.1. The zero-order chi connectivity index (χ0) is 13.2. The second-order valence-corrected chi connectivity index (χ2v) is 5.22. The summed E-state index contributed by atoms with van der Waals surface area (Å²) in [5, 5.41) is 8.85. The Kier molecular flexibility index (Phi) is 3.31. The number of methoxy groups -OCH3 is 1. The molecule has 1 aliphatic carbocycles. The highest BCUT2D eigenvalue weighted by Gasteiger charge is 2.42. The Morgan fingerprint density at radius 2 is 2.21 bits per heavy atom. The molecule has 1 saturated heterocycles. The van der Waals surface area contributed by atoms with E-state index in [1.54, 1.807) is 19.2 Å². The van der Waals surface area contributed by atoms with Gasteiger partial charge in [0.15, 0.2) is 11.5 Å². The highest BCUT2D eigenvalue weighted by atomic mass is 16.5. The second kappa shape index (κ2) is 5.10. The van der Waals surface area contributed by atoms with E-state index in [1.165, 1.54) is 19.3 Å². The lowest BCUT2D eigenvalue weighted by Gasteiger charge is -2.27. The van der Waals surface area contributed by atoms with Crippen LogP contribution in [0.4, 0.5) is 0 Å². The molecule has 4 heteroatoms. The van der Waals surface area contributed by atoms with Gasteiger partial charge in [-0.15, -0.1) is 0 Å². The topological polar surface area (TPSA) is 45.3 Å². The van der Waals surface area contributed by atoms with Crippen LogP contribution < -0.4 is 9.47 Å². The zero-order valence-electron chi connectivity index (χ0n) is 11.1. The van der Waals surface area contributed by atoms with Crippen LogP contribution in [0.5, 0.6) is 11.5 Å². The number of hydrogen-bond acceptors (Lipinski definition) is 4. The Morgan fingerprint density at radius 1 is 1.37 bits per heavy atom. The molecule has 1 aliphatic heterocycles. The van der Waals surface area contributed by atoms with Crippen molar-refractivity contribution in [3.63, 3.8) is 0 Å². The van der Waals surface area contributed by atoms with E-state index in [-0.39, 0.29) is 0 Å². The first kappa shape index (κ1) is 12.3. The number of benzene rings is 1. The summed E-state index contributed by atoms with van der Waals surface area (Å²) in [4.78, 5) is 2.51. The van der Waals surface area contributed by atoms with Crippen molar-refractivity contribution in [3.05, 3.63) is 23.8 Å². The lowest BCUT2D eigenvalue weighted by atomic mass is 9.93. The fourth-order valence-electron chi connectivity index (χ4n) is 2.55. The van der Waals surface area contributed by atoms with Gasteiger partial charge in [0, 0.05) is 18.7 Å². The molecule has 0 bridgehead atoms. The van der Waals surface area contributed by atoms with Crippen molar-refractivity contribution >= 4 is 0 Å². The van der Waals surface area contributed by atoms with E-state index in [0.29, 0.717) is 24.0 Å². The minimum Gasteiger partial charge on any atom is -0.493 e. The van der Waals surface area contributed by atoms with E-state index in [1.807, 2.05) is 6.07 Å². The number of nitrogens with zero attached hydrogens (tertiary/aromatic N) is 2. The third-order valence-electron chi connectivity index (χ3n) is 4.02. The fraction of sp³-hybridized carbons (Fsp3) is 0.533. The summed E-state index contributed by atoms with van der Waals surface area (Å²) in [6, 6.07) is 8.75. The summed E-state index contributed by atoms with van der Waals surface area (Å²) in [5.74, 6) is 1.36. The van der Waals surface area contributed by atoms with Gasteiger partial charge in [-0.1, -0.05) is 6.42 Å². The number of hydrogen-bond donors (Lipinski definition) is 0. The van der Waals surface area contributed by atoms with Crippen LogP contribution >= 0.6 is 0 Å². The smallest absolute Gasteiger partial charge is 0.162 e. The lowest BCUT2D eigenvalue weighted by molar-refractivity contribution is 0.212. The van der Waals surface area contributed by atoms with Gasteiger partial charge < -0.3 is 9.47 Å². The third kappa shape index (κ3) is 2.52. The van der Waals surface area contributed by atoms with Crippen LogP contribution in [0.2, 0.25) is 0 Å². The molecule has 2 unspecified atom stereocenters. The van der Waals surface area contributed by atoms with Gasteiger partial charge in [0.05, 0.1) is 24.8 Å². The van der Waals surface area contributed by atoms with Crippen molar-refractivity contribution in [2.75, 3.05) is 20.3 Å². The van der Waals surface area contributed by atoms with E-state index in [0.717, 1.165) is 18.3 Å². The van der Waals surface area contributed by atoms with Gasteiger partial charge in [0.25, 0.3) is 0 Å². The maximum Gasteiger partial charge on any atom is 0.162 e. The minimum atomic E-state index is 0.561. The normalized spacial score (nSPS) is 25.3. The van der Waals surface area contributed by atoms with Crippen LogP contribution in [0.15, 0.2) is 18.2 Å². The zero-order valence-corrected chi connectivity index (χ0v) is 11.1. The Hall–Kier alpha value is -1.73. The van der Waals surface area contributed by atoms with Crippen molar-refractivity contribution in [1.29, 1.82) is 5.26 Å². The number of rotatable bonds is 5. The maximum absolute atomic E-state index is 8.85. The maximum atomic E-state index is 8.85. The molecule has 19 heavy (non-hydrogen) atoms. The van der Waals surface area contributed by atoms with Crippen molar-refractivity contribution in [1.82, 2.24) is 4.90 Å². The molecule has 1 saturated carbocycles. The van der Waals surface area contributed by atoms with Crippen LogP contribution in [0, 0.1) is 11.3 Å². The van der Waals surface area contributed by atoms with Crippen molar-refractivity contribution in [3.8, 4) is 17.6 Å². The molecule has 0 N–H and O–H groups in total. The summed E-state index contributed by atoms with van der Waals surface area (Å²) >= 11 is 0. The monoisotopic (exact) mass is 258 g/mol. The molecule has 2 atom stereocenters. The Bertz CT molecular complexity index is 505. The largest absolute Gasteiger partial charge is 0.493 e. The molecule has 1 aromatic carbocycles. The Labute approximate surface area is 113 Å². The Morgan fingerprint density at radius 3 is 2.84 bits per heavy atom. The lowest BCUT2D eigenvalue weighted by Crippen LogP contribution is -2.29. The van der Waals surface area contributed by atoms with Gasteiger partial charge >= 0.3 is 0 Å². The average Bonchev–Trinajstić information content (AvgIpc) is 3.13. The van der Waals surface area contributed by atoms with Gasteiger partial charge in [-0.2, -0.15) is 5.26 Å². The Balaban J connectivity index is 1.56. The molecule has 100 valence electrons. The molecule has 0 spiro atoms. The average molecular weight is 258 g/mol. The van der Waals surface area contributed by atoms with E-state index >= 15 is 0 Å². The molecule has 0 aromatic heterocycles. The van der Waals surface area contributed by atoms with Crippen LogP contribution in [0.1, 0.15) is 24.8 Å². The standard InChI is InChI=1S/C15H18N2O2/c1-18-15-7-11(8-16)5-6-14(15)19-10-13-9-17(13)12-3-2-4-12/h5-7,12-13H,2-4,9-10H2,1H3. The van der Waals surface area contributed by atoms with Gasteiger partial charge in [0.1, 0.15) is 6.61 Å². The first-order valence-electron chi connectivity index (χ1n) is 6.78. The van der Waals surface area contributed by atoms with Gasteiger partial charge in [-0.05, 0) is 25.0 Å². The summed E-state index contributed by atoms with van der Waals surface area (Å²) in [6.07, 6.45) is 4.06. The summed E-state index contributed by atoms with van der Waals surface area (Å²) in [7, 11) is 1.60. The van der Waals surface area contributed by atoms with E-state index in [4.69, 9.17) is 14.7 Å². The molecule has 3 rings (SSSR count). The van der Waals surface area contributed by atoms with Crippen LogP contribution in [0.3, 0.4) is 0 Å². The molecule has 2 fully saturated rings. The molecular formula is C15H18N2O2. The van der Waals surface area contributed by atoms with E-state index in [2.05, 4.69) is 11.0 Å². The number of ether oxygens (including phenoxy) is 2. The van der Waals surface area contributed by atoms with Crippen LogP contribution in [0.25, 0.3) is 0 Å². The molecular weight excluding hydrogens is 240 g/mol. The second-order valence-electron chi connectivity index (χ2n) is 5.22. The predicted molar refractivity (Wildman–Crippen MR) is 71.3 cm³/mol. The first-order chi connectivity index (χ1) is 9.31. The van der Waals surface area contributed by atoms with Gasteiger partial charge in [-0.3, -0.25) is 4.90 Å². The first-order valence-corrected chi connectivity index (χ1v) is 6.78.